The molecule has 0 aromatic heterocycles. The Bertz CT molecular complexity index is 364. The van der Waals surface area contributed by atoms with Crippen molar-refractivity contribution in [2.75, 3.05) is 20.7 Å². The van der Waals surface area contributed by atoms with Gasteiger partial charge in [-0.2, -0.15) is 0 Å². The molecule has 0 heterocycles. The second-order valence-electron chi connectivity index (χ2n) is 3.99. The molecule has 0 bridgehead atoms. The van der Waals surface area contributed by atoms with E-state index < -0.39 is 0 Å². The summed E-state index contributed by atoms with van der Waals surface area (Å²) in [7, 11) is 3.57. The predicted octanol–water partition coefficient (Wildman–Crippen LogP) is 1.61. The molecule has 0 spiro atoms. The molecule has 1 amide bonds. The lowest BCUT2D eigenvalue weighted by atomic mass is 10.1. The Morgan fingerprint density at radius 1 is 1.35 bits per heavy atom. The van der Waals surface area contributed by atoms with E-state index in [1.165, 1.54) is 5.56 Å². The number of rotatable bonds is 6. The monoisotopic (exact) mass is 236 g/mol. The van der Waals surface area contributed by atoms with E-state index in [0.717, 1.165) is 12.2 Å². The fraction of sp³-hybridized carbons (Fsp3) is 0.462. The molecule has 1 aromatic rings. The number of hydrazine groups is 1. The Labute approximate surface area is 103 Å². The van der Waals surface area contributed by atoms with Crippen LogP contribution in [0.25, 0.3) is 0 Å². The number of nitrogens with one attached hydrogen (secondary N) is 1. The SMILES string of the molecule is CCc1ccccc1OCCC(=O)NN(C)C. The molecule has 1 aromatic carbocycles. The van der Waals surface area contributed by atoms with Crippen LogP contribution in [-0.4, -0.2) is 31.6 Å². The van der Waals surface area contributed by atoms with Gasteiger partial charge in [0.2, 0.25) is 5.91 Å². The molecule has 0 aliphatic rings. The summed E-state index contributed by atoms with van der Waals surface area (Å²) in [6, 6.07) is 7.90. The van der Waals surface area contributed by atoms with Crippen LogP contribution < -0.4 is 10.2 Å². The normalized spacial score (nSPS) is 10.4. The van der Waals surface area contributed by atoms with Crippen LogP contribution in [0.3, 0.4) is 0 Å². The summed E-state index contributed by atoms with van der Waals surface area (Å²) < 4.78 is 5.60. The number of hydrogen-bond donors (Lipinski definition) is 1. The fourth-order valence-corrected chi connectivity index (χ4v) is 1.50. The van der Waals surface area contributed by atoms with Crippen LogP contribution in [0.2, 0.25) is 0 Å². The zero-order valence-electron chi connectivity index (χ0n) is 10.7. The van der Waals surface area contributed by atoms with Gasteiger partial charge in [0.05, 0.1) is 13.0 Å². The van der Waals surface area contributed by atoms with Gasteiger partial charge in [-0.3, -0.25) is 10.2 Å². The molecule has 0 aliphatic heterocycles. The molecule has 0 radical (unpaired) electrons. The van der Waals surface area contributed by atoms with E-state index >= 15 is 0 Å². The minimum Gasteiger partial charge on any atom is -0.493 e. The molecule has 0 aliphatic carbocycles. The summed E-state index contributed by atoms with van der Waals surface area (Å²) in [4.78, 5) is 11.4. The number of benzene rings is 1. The smallest absolute Gasteiger partial charge is 0.237 e. The number of ether oxygens (including phenoxy) is 1. The molecular formula is C13H20N2O2. The molecule has 1 rings (SSSR count). The van der Waals surface area contributed by atoms with E-state index in [1.807, 2.05) is 24.3 Å². The summed E-state index contributed by atoms with van der Waals surface area (Å²) in [5.74, 6) is 0.830. The van der Waals surface area contributed by atoms with Gasteiger partial charge in [-0.15, -0.1) is 0 Å². The predicted molar refractivity (Wildman–Crippen MR) is 67.8 cm³/mol. The average molecular weight is 236 g/mol. The van der Waals surface area contributed by atoms with Gasteiger partial charge in [-0.1, -0.05) is 25.1 Å². The highest BCUT2D eigenvalue weighted by atomic mass is 16.5. The van der Waals surface area contributed by atoms with E-state index in [0.29, 0.717) is 13.0 Å². The maximum atomic E-state index is 11.4. The maximum absolute atomic E-state index is 11.4. The fourth-order valence-electron chi connectivity index (χ4n) is 1.50. The van der Waals surface area contributed by atoms with Crippen LogP contribution in [0.1, 0.15) is 18.9 Å². The Morgan fingerprint density at radius 3 is 2.71 bits per heavy atom. The molecule has 0 atom stereocenters. The van der Waals surface area contributed by atoms with Gasteiger partial charge in [-0.25, -0.2) is 5.01 Å². The minimum atomic E-state index is -0.0380. The van der Waals surface area contributed by atoms with Crippen molar-refractivity contribution in [1.82, 2.24) is 10.4 Å². The van der Waals surface area contributed by atoms with Gasteiger partial charge in [0, 0.05) is 14.1 Å². The molecule has 94 valence electrons. The molecule has 0 saturated heterocycles. The van der Waals surface area contributed by atoms with E-state index in [9.17, 15) is 4.79 Å². The van der Waals surface area contributed by atoms with Gasteiger partial charge in [0.15, 0.2) is 0 Å². The van der Waals surface area contributed by atoms with Crippen LogP contribution in [0, 0.1) is 0 Å². The van der Waals surface area contributed by atoms with Crippen molar-refractivity contribution in [3.63, 3.8) is 0 Å². The third kappa shape index (κ3) is 4.87. The number of hydrogen-bond acceptors (Lipinski definition) is 3. The van der Waals surface area contributed by atoms with Crippen molar-refractivity contribution in [1.29, 1.82) is 0 Å². The highest BCUT2D eigenvalue weighted by molar-refractivity contribution is 5.75. The third-order valence-electron chi connectivity index (χ3n) is 2.29. The Kier molecular flexibility index (Phi) is 5.49. The molecule has 17 heavy (non-hydrogen) atoms. The second kappa shape index (κ2) is 6.91. The van der Waals surface area contributed by atoms with Gasteiger partial charge in [-0.05, 0) is 18.1 Å². The average Bonchev–Trinajstić information content (AvgIpc) is 2.28. The first-order valence-corrected chi connectivity index (χ1v) is 5.81. The van der Waals surface area contributed by atoms with Crippen molar-refractivity contribution in [2.45, 2.75) is 19.8 Å². The quantitative estimate of drug-likeness (QED) is 0.763. The zero-order valence-corrected chi connectivity index (χ0v) is 10.7. The minimum absolute atomic E-state index is 0.0380. The van der Waals surface area contributed by atoms with Crippen molar-refractivity contribution in [3.8, 4) is 5.75 Å². The Hall–Kier alpha value is -1.55. The molecule has 1 N–H and O–H groups in total. The summed E-state index contributed by atoms with van der Waals surface area (Å²) in [6.07, 6.45) is 1.29. The maximum Gasteiger partial charge on any atom is 0.237 e. The molecule has 4 heteroatoms. The lowest BCUT2D eigenvalue weighted by Crippen LogP contribution is -2.36. The van der Waals surface area contributed by atoms with Crippen molar-refractivity contribution in [2.24, 2.45) is 0 Å². The van der Waals surface area contributed by atoms with E-state index in [1.54, 1.807) is 19.1 Å². The van der Waals surface area contributed by atoms with Gasteiger partial charge < -0.3 is 4.74 Å². The number of nitrogens with zero attached hydrogens (tertiary/aromatic N) is 1. The van der Waals surface area contributed by atoms with Crippen molar-refractivity contribution >= 4 is 5.91 Å². The highest BCUT2D eigenvalue weighted by Crippen LogP contribution is 2.18. The third-order valence-corrected chi connectivity index (χ3v) is 2.29. The molecule has 0 unspecified atom stereocenters. The van der Waals surface area contributed by atoms with Crippen LogP contribution in [-0.2, 0) is 11.2 Å². The summed E-state index contributed by atoms with van der Waals surface area (Å²) >= 11 is 0. The van der Waals surface area contributed by atoms with Gasteiger partial charge in [0.1, 0.15) is 5.75 Å². The lowest BCUT2D eigenvalue weighted by Gasteiger charge is -2.13. The Balaban J connectivity index is 2.38. The van der Waals surface area contributed by atoms with Crippen molar-refractivity contribution in [3.05, 3.63) is 29.8 Å². The first-order valence-electron chi connectivity index (χ1n) is 5.81. The van der Waals surface area contributed by atoms with E-state index in [2.05, 4.69) is 12.3 Å². The van der Waals surface area contributed by atoms with Crippen LogP contribution in [0.4, 0.5) is 0 Å². The largest absolute Gasteiger partial charge is 0.493 e. The van der Waals surface area contributed by atoms with Crippen molar-refractivity contribution < 1.29 is 9.53 Å². The molecule has 4 nitrogen and oxygen atoms in total. The zero-order chi connectivity index (χ0) is 12.7. The first-order chi connectivity index (χ1) is 8.13. The molecular weight excluding hydrogens is 216 g/mol. The summed E-state index contributed by atoms with van der Waals surface area (Å²) in [5.41, 5.74) is 3.84. The second-order valence-corrected chi connectivity index (χ2v) is 3.99. The highest BCUT2D eigenvalue weighted by Gasteiger charge is 2.04. The van der Waals surface area contributed by atoms with Crippen LogP contribution in [0.15, 0.2) is 24.3 Å². The van der Waals surface area contributed by atoms with Gasteiger partial charge in [0.25, 0.3) is 0 Å². The molecule has 0 saturated carbocycles. The number of amides is 1. The number of aryl methyl sites for hydroxylation is 1. The lowest BCUT2D eigenvalue weighted by molar-refractivity contribution is -0.125. The van der Waals surface area contributed by atoms with E-state index in [-0.39, 0.29) is 5.91 Å². The molecule has 0 fully saturated rings. The number of carbonyl (C=O) groups is 1. The summed E-state index contributed by atoms with van der Waals surface area (Å²) in [5, 5.41) is 1.63. The topological polar surface area (TPSA) is 41.6 Å². The van der Waals surface area contributed by atoms with E-state index in [4.69, 9.17) is 4.74 Å². The number of carbonyl (C=O) groups excluding carboxylic acids is 1. The summed E-state index contributed by atoms with van der Waals surface area (Å²) in [6.45, 7) is 2.48. The van der Waals surface area contributed by atoms with Crippen LogP contribution >= 0.6 is 0 Å². The standard InChI is InChI=1S/C13H20N2O2/c1-4-11-7-5-6-8-12(11)17-10-9-13(16)14-15(2)3/h5-8H,4,9-10H2,1-3H3,(H,14,16). The Morgan fingerprint density at radius 2 is 2.06 bits per heavy atom. The van der Waals surface area contributed by atoms with Gasteiger partial charge >= 0.3 is 0 Å². The van der Waals surface area contributed by atoms with Crippen LogP contribution in [0.5, 0.6) is 5.75 Å². The number of para-hydroxylation sites is 1. The first kappa shape index (κ1) is 13.5.